The lowest BCUT2D eigenvalue weighted by Gasteiger charge is -2.40. The number of amides is 2. The van der Waals surface area contributed by atoms with Crippen LogP contribution in [0.25, 0.3) is 0 Å². The Hall–Kier alpha value is -1.14. The van der Waals surface area contributed by atoms with Crippen LogP contribution >= 0.6 is 0 Å². The number of hydrogen-bond acceptors (Lipinski definition) is 4. The fraction of sp³-hybridized carbons (Fsp3) is 0.895. The van der Waals surface area contributed by atoms with E-state index in [1.165, 1.54) is 0 Å². The van der Waals surface area contributed by atoms with Crippen molar-refractivity contribution in [1.29, 1.82) is 0 Å². The number of piperidine rings is 1. The van der Waals surface area contributed by atoms with Crippen molar-refractivity contribution in [2.75, 3.05) is 45.8 Å². The van der Waals surface area contributed by atoms with Gasteiger partial charge in [-0.25, -0.2) is 0 Å². The molecule has 2 fully saturated rings. The zero-order valence-electron chi connectivity index (χ0n) is 16.3. The highest BCUT2D eigenvalue weighted by molar-refractivity contribution is 5.79. The van der Waals surface area contributed by atoms with Crippen LogP contribution in [0.4, 0.5) is 0 Å². The third-order valence-corrected chi connectivity index (χ3v) is 5.33. The highest BCUT2D eigenvalue weighted by atomic mass is 16.3. The van der Waals surface area contributed by atoms with Crippen molar-refractivity contribution >= 4 is 11.8 Å². The van der Waals surface area contributed by atoms with Gasteiger partial charge >= 0.3 is 0 Å². The number of aliphatic hydroxyl groups is 1. The summed E-state index contributed by atoms with van der Waals surface area (Å²) in [5.41, 5.74) is -0.958. The maximum Gasteiger partial charge on any atom is 0.225 e. The molecule has 144 valence electrons. The maximum absolute atomic E-state index is 12.6. The van der Waals surface area contributed by atoms with Gasteiger partial charge in [0, 0.05) is 51.7 Å². The van der Waals surface area contributed by atoms with Crippen LogP contribution in [0.2, 0.25) is 0 Å². The lowest BCUT2D eigenvalue weighted by Crippen LogP contribution is -2.53. The van der Waals surface area contributed by atoms with E-state index in [-0.39, 0.29) is 24.2 Å². The second kappa shape index (κ2) is 8.49. The molecule has 0 aliphatic carbocycles. The molecule has 0 saturated carbocycles. The van der Waals surface area contributed by atoms with E-state index in [1.54, 1.807) is 0 Å². The molecule has 2 saturated heterocycles. The highest BCUT2D eigenvalue weighted by Gasteiger charge is 2.37. The SMILES string of the molecule is CC(C)CN1CCN(C(=O)CC2(O)CCN(C(=O)C(C)C)CC2)CC1. The van der Waals surface area contributed by atoms with Gasteiger partial charge in [-0.1, -0.05) is 27.7 Å². The average Bonchev–Trinajstić information content (AvgIpc) is 2.54. The van der Waals surface area contributed by atoms with Crippen LogP contribution in [0, 0.1) is 11.8 Å². The van der Waals surface area contributed by atoms with Gasteiger partial charge in [0.2, 0.25) is 11.8 Å². The molecule has 0 aromatic carbocycles. The van der Waals surface area contributed by atoms with Crippen LogP contribution < -0.4 is 0 Å². The van der Waals surface area contributed by atoms with Gasteiger partial charge < -0.3 is 14.9 Å². The third kappa shape index (κ3) is 5.68. The van der Waals surface area contributed by atoms with Crippen molar-refractivity contribution in [2.24, 2.45) is 11.8 Å². The molecule has 2 rings (SSSR count). The fourth-order valence-corrected chi connectivity index (χ4v) is 3.77. The predicted molar refractivity (Wildman–Crippen MR) is 98.1 cm³/mol. The summed E-state index contributed by atoms with van der Waals surface area (Å²) in [6.07, 6.45) is 1.16. The molecule has 2 aliphatic heterocycles. The summed E-state index contributed by atoms with van der Waals surface area (Å²) >= 11 is 0. The van der Waals surface area contributed by atoms with Crippen molar-refractivity contribution < 1.29 is 14.7 Å². The van der Waals surface area contributed by atoms with E-state index in [0.29, 0.717) is 31.8 Å². The minimum absolute atomic E-state index is 0.0186. The van der Waals surface area contributed by atoms with E-state index in [4.69, 9.17) is 0 Å². The monoisotopic (exact) mass is 353 g/mol. The van der Waals surface area contributed by atoms with E-state index in [1.807, 2.05) is 23.6 Å². The van der Waals surface area contributed by atoms with Gasteiger partial charge in [-0.3, -0.25) is 14.5 Å². The van der Waals surface area contributed by atoms with Crippen LogP contribution in [0.5, 0.6) is 0 Å². The summed E-state index contributed by atoms with van der Waals surface area (Å²) in [5.74, 6) is 0.807. The Morgan fingerprint density at radius 3 is 1.96 bits per heavy atom. The van der Waals surface area contributed by atoms with Gasteiger partial charge in [0.05, 0.1) is 12.0 Å². The largest absolute Gasteiger partial charge is 0.389 e. The van der Waals surface area contributed by atoms with Crippen LogP contribution in [0.15, 0.2) is 0 Å². The molecule has 0 unspecified atom stereocenters. The first kappa shape index (κ1) is 20.2. The minimum atomic E-state index is -0.958. The number of carbonyl (C=O) groups excluding carboxylic acids is 2. The number of hydrogen-bond donors (Lipinski definition) is 1. The zero-order valence-corrected chi connectivity index (χ0v) is 16.3. The van der Waals surface area contributed by atoms with Gasteiger partial charge in [-0.15, -0.1) is 0 Å². The Balaban J connectivity index is 1.78. The first-order valence-corrected chi connectivity index (χ1v) is 9.71. The Morgan fingerprint density at radius 2 is 1.48 bits per heavy atom. The van der Waals surface area contributed by atoms with Gasteiger partial charge in [-0.05, 0) is 18.8 Å². The quantitative estimate of drug-likeness (QED) is 0.806. The van der Waals surface area contributed by atoms with Gasteiger partial charge in [0.15, 0.2) is 0 Å². The fourth-order valence-electron chi connectivity index (χ4n) is 3.77. The number of nitrogens with zero attached hydrogens (tertiary/aromatic N) is 3. The molecule has 2 heterocycles. The van der Waals surface area contributed by atoms with Gasteiger partial charge in [-0.2, -0.15) is 0 Å². The Labute approximate surface area is 152 Å². The summed E-state index contributed by atoms with van der Waals surface area (Å²) in [5, 5.41) is 10.8. The third-order valence-electron chi connectivity index (χ3n) is 5.33. The normalized spacial score (nSPS) is 21.9. The molecule has 0 bridgehead atoms. The Bertz CT molecular complexity index is 463. The molecule has 2 amide bonds. The topological polar surface area (TPSA) is 64.1 Å². The molecule has 25 heavy (non-hydrogen) atoms. The molecular weight excluding hydrogens is 318 g/mol. The van der Waals surface area contributed by atoms with Crippen molar-refractivity contribution in [1.82, 2.24) is 14.7 Å². The van der Waals surface area contributed by atoms with Crippen molar-refractivity contribution in [2.45, 2.75) is 52.6 Å². The molecule has 0 aromatic rings. The molecule has 6 nitrogen and oxygen atoms in total. The van der Waals surface area contributed by atoms with Crippen LogP contribution in [0.3, 0.4) is 0 Å². The first-order valence-electron chi connectivity index (χ1n) is 9.71. The van der Waals surface area contributed by atoms with Crippen molar-refractivity contribution in [3.8, 4) is 0 Å². The molecule has 1 N–H and O–H groups in total. The first-order chi connectivity index (χ1) is 11.7. The minimum Gasteiger partial charge on any atom is -0.389 e. The molecule has 0 atom stereocenters. The lowest BCUT2D eigenvalue weighted by atomic mass is 9.87. The van der Waals surface area contributed by atoms with Gasteiger partial charge in [0.1, 0.15) is 0 Å². The van der Waals surface area contributed by atoms with Crippen LogP contribution in [-0.2, 0) is 9.59 Å². The zero-order chi connectivity index (χ0) is 18.6. The van der Waals surface area contributed by atoms with E-state index in [2.05, 4.69) is 18.7 Å². The predicted octanol–water partition coefficient (Wildman–Crippen LogP) is 1.19. The maximum atomic E-state index is 12.6. The van der Waals surface area contributed by atoms with Crippen molar-refractivity contribution in [3.63, 3.8) is 0 Å². The summed E-state index contributed by atoms with van der Waals surface area (Å²) in [4.78, 5) is 30.7. The lowest BCUT2D eigenvalue weighted by molar-refractivity contribution is -0.144. The molecule has 0 aromatic heterocycles. The van der Waals surface area contributed by atoms with Crippen molar-refractivity contribution in [3.05, 3.63) is 0 Å². The summed E-state index contributed by atoms with van der Waals surface area (Å²) in [6.45, 7) is 13.7. The van der Waals surface area contributed by atoms with E-state index in [9.17, 15) is 14.7 Å². The standard InChI is InChI=1S/C19H35N3O3/c1-15(2)14-20-9-11-21(12-10-20)17(23)13-19(25)5-7-22(8-6-19)18(24)16(3)4/h15-16,25H,5-14H2,1-4H3. The van der Waals surface area contributed by atoms with E-state index >= 15 is 0 Å². The number of rotatable bonds is 5. The van der Waals surface area contributed by atoms with Gasteiger partial charge in [0.25, 0.3) is 0 Å². The summed E-state index contributed by atoms with van der Waals surface area (Å²) < 4.78 is 0. The second-order valence-electron chi connectivity index (χ2n) is 8.46. The van der Waals surface area contributed by atoms with E-state index in [0.717, 1.165) is 32.7 Å². The van der Waals surface area contributed by atoms with Crippen LogP contribution in [0.1, 0.15) is 47.0 Å². The number of likely N-dealkylation sites (tertiary alicyclic amines) is 1. The Morgan fingerprint density at radius 1 is 0.920 bits per heavy atom. The molecule has 6 heteroatoms. The number of piperazine rings is 1. The molecule has 0 radical (unpaired) electrons. The highest BCUT2D eigenvalue weighted by Crippen LogP contribution is 2.27. The average molecular weight is 354 g/mol. The molecule has 0 spiro atoms. The molecule has 2 aliphatic rings. The smallest absolute Gasteiger partial charge is 0.225 e. The summed E-state index contributed by atoms with van der Waals surface area (Å²) in [7, 11) is 0. The van der Waals surface area contributed by atoms with Crippen LogP contribution in [-0.4, -0.2) is 83.0 Å². The summed E-state index contributed by atoms with van der Waals surface area (Å²) in [6, 6.07) is 0. The second-order valence-corrected chi connectivity index (χ2v) is 8.46. The molecular formula is C19H35N3O3. The Kier molecular flexibility index (Phi) is 6.86. The number of carbonyl (C=O) groups is 2. The van der Waals surface area contributed by atoms with E-state index < -0.39 is 5.60 Å².